The number of hydrogen-bond donors (Lipinski definition) is 1. The Morgan fingerprint density at radius 2 is 2.14 bits per heavy atom. The first kappa shape index (κ1) is 16.4. The Morgan fingerprint density at radius 3 is 2.71 bits per heavy atom. The van der Waals surface area contributed by atoms with E-state index in [-0.39, 0.29) is 0 Å². The molecular weight excluding hydrogens is 288 g/mol. The number of benzene rings is 1. The van der Waals surface area contributed by atoms with Gasteiger partial charge in [-0.2, -0.15) is 4.31 Å². The second-order valence-corrected chi connectivity index (χ2v) is 7.81. The van der Waals surface area contributed by atoms with Crippen LogP contribution in [0.1, 0.15) is 30.9 Å². The van der Waals surface area contributed by atoms with Gasteiger partial charge in [-0.15, -0.1) is 0 Å². The van der Waals surface area contributed by atoms with Crippen molar-refractivity contribution in [3.05, 3.63) is 29.3 Å². The number of nitrogens with zero attached hydrogens (tertiary/aromatic N) is 1. The molecule has 6 heteroatoms. The van der Waals surface area contributed by atoms with Crippen molar-refractivity contribution in [1.82, 2.24) is 4.31 Å². The third-order valence-electron chi connectivity index (χ3n) is 4.21. The second-order valence-electron chi connectivity index (χ2n) is 5.90. The van der Waals surface area contributed by atoms with Gasteiger partial charge in [0.25, 0.3) is 0 Å². The minimum atomic E-state index is -3.49. The molecule has 1 aliphatic rings. The molecule has 1 aromatic carbocycles. The Hall–Kier alpha value is -0.950. The van der Waals surface area contributed by atoms with Crippen LogP contribution in [0.4, 0.5) is 0 Å². The van der Waals surface area contributed by atoms with Gasteiger partial charge >= 0.3 is 0 Å². The Bertz CT molecular complexity index is 615. The third kappa shape index (κ3) is 3.29. The lowest BCUT2D eigenvalue weighted by Crippen LogP contribution is -2.49. The van der Waals surface area contributed by atoms with Crippen LogP contribution in [0.15, 0.2) is 23.1 Å². The molecule has 1 unspecified atom stereocenters. The summed E-state index contributed by atoms with van der Waals surface area (Å²) in [4.78, 5) is 0.361. The number of aryl methyl sites for hydroxylation is 1. The maximum absolute atomic E-state index is 12.9. The quantitative estimate of drug-likeness (QED) is 0.917. The van der Waals surface area contributed by atoms with Gasteiger partial charge in [0.2, 0.25) is 10.0 Å². The van der Waals surface area contributed by atoms with E-state index in [1.54, 1.807) is 19.2 Å². The molecule has 1 fully saturated rings. The monoisotopic (exact) mass is 312 g/mol. The maximum atomic E-state index is 12.9. The molecule has 1 aliphatic heterocycles. The van der Waals surface area contributed by atoms with E-state index in [0.717, 1.165) is 24.0 Å². The number of rotatable bonds is 4. The number of piperidine rings is 1. The molecule has 1 aromatic rings. The molecule has 0 saturated carbocycles. The van der Waals surface area contributed by atoms with Crippen molar-refractivity contribution in [1.29, 1.82) is 0 Å². The van der Waals surface area contributed by atoms with Gasteiger partial charge in [-0.3, -0.25) is 0 Å². The van der Waals surface area contributed by atoms with Crippen LogP contribution in [0.2, 0.25) is 0 Å². The Labute approximate surface area is 127 Å². The molecule has 1 saturated heterocycles. The number of sulfonamides is 1. The van der Waals surface area contributed by atoms with Crippen LogP contribution in [-0.4, -0.2) is 38.5 Å². The molecule has 0 radical (unpaired) electrons. The number of ether oxygens (including phenoxy) is 1. The summed E-state index contributed by atoms with van der Waals surface area (Å²) in [6.07, 6.45) is 1.68. The Balaban J connectivity index is 2.34. The molecule has 2 rings (SSSR count). The summed E-state index contributed by atoms with van der Waals surface area (Å²) < 4.78 is 32.7. The molecule has 0 aromatic heterocycles. The van der Waals surface area contributed by atoms with Gasteiger partial charge in [0.05, 0.1) is 10.5 Å². The van der Waals surface area contributed by atoms with Gasteiger partial charge in [-0.1, -0.05) is 12.1 Å². The molecular formula is C15H24N2O3S. The molecule has 0 bridgehead atoms. The van der Waals surface area contributed by atoms with Crippen molar-refractivity contribution in [3.63, 3.8) is 0 Å². The van der Waals surface area contributed by atoms with E-state index in [1.807, 2.05) is 19.9 Å². The fourth-order valence-corrected chi connectivity index (χ4v) is 4.60. The van der Waals surface area contributed by atoms with E-state index in [0.29, 0.717) is 24.5 Å². The third-order valence-corrected chi connectivity index (χ3v) is 6.22. The fourth-order valence-electron chi connectivity index (χ4n) is 2.80. The van der Waals surface area contributed by atoms with Crippen molar-refractivity contribution >= 4 is 10.0 Å². The first-order valence-electron chi connectivity index (χ1n) is 7.17. The van der Waals surface area contributed by atoms with Crippen LogP contribution in [-0.2, 0) is 21.3 Å². The summed E-state index contributed by atoms with van der Waals surface area (Å²) in [5, 5.41) is 0. The van der Waals surface area contributed by atoms with E-state index in [4.69, 9.17) is 10.5 Å². The van der Waals surface area contributed by atoms with Gasteiger partial charge in [-0.05, 0) is 43.9 Å². The molecule has 0 amide bonds. The molecule has 118 valence electrons. The summed E-state index contributed by atoms with van der Waals surface area (Å²) in [5.74, 6) is 0. The predicted octanol–water partition coefficient (Wildman–Crippen LogP) is 1.64. The lowest BCUT2D eigenvalue weighted by atomic mass is 9.96. The topological polar surface area (TPSA) is 72.6 Å². The maximum Gasteiger partial charge on any atom is 0.243 e. The molecule has 0 spiro atoms. The van der Waals surface area contributed by atoms with Gasteiger partial charge in [-0.25, -0.2) is 8.42 Å². The predicted molar refractivity (Wildman–Crippen MR) is 82.5 cm³/mol. The highest BCUT2D eigenvalue weighted by Gasteiger charge is 2.37. The van der Waals surface area contributed by atoms with E-state index in [9.17, 15) is 8.42 Å². The first-order chi connectivity index (χ1) is 9.82. The summed E-state index contributed by atoms with van der Waals surface area (Å²) >= 11 is 0. The zero-order valence-electron chi connectivity index (χ0n) is 12.9. The van der Waals surface area contributed by atoms with Gasteiger partial charge in [0, 0.05) is 26.7 Å². The van der Waals surface area contributed by atoms with Gasteiger partial charge in [0.1, 0.15) is 0 Å². The van der Waals surface area contributed by atoms with Crippen LogP contribution in [0.25, 0.3) is 0 Å². The summed E-state index contributed by atoms with van der Waals surface area (Å²) in [6.45, 7) is 5.11. The van der Waals surface area contributed by atoms with Crippen LogP contribution in [0, 0.1) is 6.92 Å². The van der Waals surface area contributed by atoms with Crippen molar-refractivity contribution in [2.24, 2.45) is 5.73 Å². The smallest absolute Gasteiger partial charge is 0.243 e. The normalized spacial score (nSPS) is 24.2. The van der Waals surface area contributed by atoms with Gasteiger partial charge in [0.15, 0.2) is 0 Å². The molecule has 2 N–H and O–H groups in total. The summed E-state index contributed by atoms with van der Waals surface area (Å²) in [7, 11) is -1.85. The zero-order chi connectivity index (χ0) is 15.7. The van der Waals surface area contributed by atoms with E-state index in [1.165, 1.54) is 4.31 Å². The number of hydrogen-bond acceptors (Lipinski definition) is 4. The fraction of sp³-hybridized carbons (Fsp3) is 0.600. The molecule has 1 heterocycles. The standard InChI is InChI=1S/C15H24N2O3S/c1-12-9-13(10-16)5-6-14(12)21(18,19)17-8-4-7-15(2,11-17)20-3/h5-6,9H,4,7-8,10-11,16H2,1-3H3. The van der Waals surface area contributed by atoms with Crippen LogP contribution >= 0.6 is 0 Å². The molecule has 0 aliphatic carbocycles. The summed E-state index contributed by atoms with van der Waals surface area (Å²) in [6, 6.07) is 5.28. The minimum Gasteiger partial charge on any atom is -0.377 e. The SMILES string of the molecule is COC1(C)CCCN(S(=O)(=O)c2ccc(CN)cc2C)C1. The second kappa shape index (κ2) is 6.04. The minimum absolute atomic E-state index is 0.361. The van der Waals surface area contributed by atoms with E-state index >= 15 is 0 Å². The molecule has 5 nitrogen and oxygen atoms in total. The van der Waals surface area contributed by atoms with E-state index in [2.05, 4.69) is 0 Å². The Morgan fingerprint density at radius 1 is 1.43 bits per heavy atom. The van der Waals surface area contributed by atoms with Crippen LogP contribution in [0.5, 0.6) is 0 Å². The van der Waals surface area contributed by atoms with Crippen LogP contribution < -0.4 is 5.73 Å². The first-order valence-corrected chi connectivity index (χ1v) is 8.61. The summed E-state index contributed by atoms with van der Waals surface area (Å²) in [5.41, 5.74) is 6.87. The average molecular weight is 312 g/mol. The molecule has 21 heavy (non-hydrogen) atoms. The van der Waals surface area contributed by atoms with E-state index < -0.39 is 15.6 Å². The highest BCUT2D eigenvalue weighted by Crippen LogP contribution is 2.29. The Kier molecular flexibility index (Phi) is 4.72. The zero-order valence-corrected chi connectivity index (χ0v) is 13.7. The lowest BCUT2D eigenvalue weighted by molar-refractivity contribution is -0.0319. The van der Waals surface area contributed by atoms with Crippen molar-refractivity contribution in [2.45, 2.75) is 43.7 Å². The largest absolute Gasteiger partial charge is 0.377 e. The van der Waals surface area contributed by atoms with Crippen molar-refractivity contribution in [3.8, 4) is 0 Å². The van der Waals surface area contributed by atoms with Crippen molar-refractivity contribution < 1.29 is 13.2 Å². The van der Waals surface area contributed by atoms with Gasteiger partial charge < -0.3 is 10.5 Å². The van der Waals surface area contributed by atoms with Crippen molar-refractivity contribution in [2.75, 3.05) is 20.2 Å². The highest BCUT2D eigenvalue weighted by atomic mass is 32.2. The number of nitrogens with two attached hydrogens (primary N) is 1. The number of methoxy groups -OCH3 is 1. The van der Waals surface area contributed by atoms with Crippen LogP contribution in [0.3, 0.4) is 0 Å². The molecule has 1 atom stereocenters. The lowest BCUT2D eigenvalue weighted by Gasteiger charge is -2.38. The average Bonchev–Trinajstić information content (AvgIpc) is 2.46. The highest BCUT2D eigenvalue weighted by molar-refractivity contribution is 7.89.